The molecule has 2 rings (SSSR count). The van der Waals surface area contributed by atoms with Crippen molar-refractivity contribution in [2.24, 2.45) is 0 Å². The molecule has 0 aliphatic carbocycles. The molecular formula is C15H15ClFNO. The lowest BCUT2D eigenvalue weighted by molar-refractivity contribution is 0.211. The smallest absolute Gasteiger partial charge is 0.146 e. The number of hydrogen-bond donors (Lipinski definition) is 2. The molecule has 0 fully saturated rings. The SMILES string of the molecule is OC(CCl)CNc1ccc(-c2ccccc2)cc1F. The predicted octanol–water partition coefficient (Wildman–Crippen LogP) is 3.50. The topological polar surface area (TPSA) is 32.3 Å². The maximum Gasteiger partial charge on any atom is 0.146 e. The van der Waals surface area contributed by atoms with Crippen molar-refractivity contribution < 1.29 is 9.50 Å². The van der Waals surface area contributed by atoms with Crippen molar-refractivity contribution >= 4 is 17.3 Å². The molecule has 0 spiro atoms. The average molecular weight is 280 g/mol. The molecule has 0 heterocycles. The molecule has 1 atom stereocenters. The highest BCUT2D eigenvalue weighted by atomic mass is 35.5. The molecule has 4 heteroatoms. The number of aliphatic hydroxyl groups is 1. The van der Waals surface area contributed by atoms with E-state index in [2.05, 4.69) is 5.32 Å². The highest BCUT2D eigenvalue weighted by Gasteiger charge is 2.07. The van der Waals surface area contributed by atoms with E-state index in [-0.39, 0.29) is 18.2 Å². The summed E-state index contributed by atoms with van der Waals surface area (Å²) in [5, 5.41) is 12.2. The minimum Gasteiger partial charge on any atom is -0.390 e. The first-order valence-corrected chi connectivity index (χ1v) is 6.57. The van der Waals surface area contributed by atoms with Crippen molar-refractivity contribution in [3.8, 4) is 11.1 Å². The second-order valence-corrected chi connectivity index (χ2v) is 4.56. The monoisotopic (exact) mass is 279 g/mol. The Bertz CT molecular complexity index is 533. The molecule has 2 N–H and O–H groups in total. The van der Waals surface area contributed by atoms with Gasteiger partial charge in [-0.25, -0.2) is 4.39 Å². The minimum absolute atomic E-state index is 0.122. The fourth-order valence-corrected chi connectivity index (χ4v) is 1.86. The van der Waals surface area contributed by atoms with Gasteiger partial charge in [-0.2, -0.15) is 0 Å². The van der Waals surface area contributed by atoms with Crippen molar-refractivity contribution in [2.75, 3.05) is 17.7 Å². The Balaban J connectivity index is 2.13. The number of alkyl halides is 1. The van der Waals surface area contributed by atoms with Gasteiger partial charge in [0.1, 0.15) is 5.82 Å². The van der Waals surface area contributed by atoms with Crippen LogP contribution in [-0.2, 0) is 0 Å². The summed E-state index contributed by atoms with van der Waals surface area (Å²) >= 11 is 5.48. The van der Waals surface area contributed by atoms with Crippen LogP contribution in [0.2, 0.25) is 0 Å². The number of aliphatic hydroxyl groups excluding tert-OH is 1. The van der Waals surface area contributed by atoms with E-state index in [1.165, 1.54) is 6.07 Å². The summed E-state index contributed by atoms with van der Waals surface area (Å²) in [4.78, 5) is 0. The maximum atomic E-state index is 13.9. The van der Waals surface area contributed by atoms with Crippen LogP contribution >= 0.6 is 11.6 Å². The molecule has 0 aromatic heterocycles. The molecule has 19 heavy (non-hydrogen) atoms. The summed E-state index contributed by atoms with van der Waals surface area (Å²) in [5.41, 5.74) is 2.15. The molecule has 0 aliphatic heterocycles. The van der Waals surface area contributed by atoms with Gasteiger partial charge in [0.25, 0.3) is 0 Å². The standard InChI is InChI=1S/C15H15ClFNO/c16-9-13(19)10-18-15-7-6-12(8-14(15)17)11-4-2-1-3-5-11/h1-8,13,18-19H,9-10H2. The molecule has 2 nitrogen and oxygen atoms in total. The molecule has 0 radical (unpaired) electrons. The Hall–Kier alpha value is -1.58. The van der Waals surface area contributed by atoms with Gasteiger partial charge in [-0.15, -0.1) is 11.6 Å². The Labute approximate surface area is 116 Å². The van der Waals surface area contributed by atoms with E-state index in [1.54, 1.807) is 6.07 Å². The number of hydrogen-bond acceptors (Lipinski definition) is 2. The van der Waals surface area contributed by atoms with Gasteiger partial charge >= 0.3 is 0 Å². The lowest BCUT2D eigenvalue weighted by Gasteiger charge is -2.11. The summed E-state index contributed by atoms with van der Waals surface area (Å²) in [5.74, 6) is -0.223. The van der Waals surface area contributed by atoms with Crippen LogP contribution in [-0.4, -0.2) is 23.6 Å². The van der Waals surface area contributed by atoms with Gasteiger partial charge in [-0.05, 0) is 23.3 Å². The Kier molecular flexibility index (Phi) is 4.77. The van der Waals surface area contributed by atoms with Crippen LogP contribution in [0.5, 0.6) is 0 Å². The predicted molar refractivity (Wildman–Crippen MR) is 77.1 cm³/mol. The lowest BCUT2D eigenvalue weighted by Crippen LogP contribution is -2.21. The fraction of sp³-hybridized carbons (Fsp3) is 0.200. The average Bonchev–Trinajstić information content (AvgIpc) is 2.46. The largest absolute Gasteiger partial charge is 0.390 e. The van der Waals surface area contributed by atoms with Gasteiger partial charge in [0.15, 0.2) is 0 Å². The molecule has 100 valence electrons. The lowest BCUT2D eigenvalue weighted by atomic mass is 10.1. The summed E-state index contributed by atoms with van der Waals surface area (Å²) in [6, 6.07) is 14.6. The zero-order valence-corrected chi connectivity index (χ0v) is 11.1. The summed E-state index contributed by atoms with van der Waals surface area (Å²) in [6.45, 7) is 0.227. The number of rotatable bonds is 5. The van der Waals surface area contributed by atoms with Crippen molar-refractivity contribution in [3.05, 3.63) is 54.3 Å². The minimum atomic E-state index is -0.685. The first-order chi connectivity index (χ1) is 9.20. The van der Waals surface area contributed by atoms with E-state index in [0.29, 0.717) is 5.69 Å². The van der Waals surface area contributed by atoms with Gasteiger partial charge in [0.05, 0.1) is 17.7 Å². The molecule has 2 aromatic carbocycles. The fourth-order valence-electron chi connectivity index (χ4n) is 1.75. The van der Waals surface area contributed by atoms with Crippen LogP contribution in [0.4, 0.5) is 10.1 Å². The summed E-state index contributed by atoms with van der Waals surface area (Å²) in [6.07, 6.45) is -0.685. The molecule has 1 unspecified atom stereocenters. The Morgan fingerprint density at radius 1 is 1.11 bits per heavy atom. The maximum absolute atomic E-state index is 13.9. The highest BCUT2D eigenvalue weighted by Crippen LogP contribution is 2.24. The van der Waals surface area contributed by atoms with Crippen molar-refractivity contribution in [3.63, 3.8) is 0 Å². The molecule has 0 aliphatic rings. The van der Waals surface area contributed by atoms with Gasteiger partial charge in [0, 0.05) is 6.54 Å². The molecule has 0 saturated carbocycles. The van der Waals surface area contributed by atoms with Gasteiger partial charge < -0.3 is 10.4 Å². The van der Waals surface area contributed by atoms with Gasteiger partial charge in [-0.1, -0.05) is 36.4 Å². The van der Waals surface area contributed by atoms with Crippen molar-refractivity contribution in [1.29, 1.82) is 0 Å². The van der Waals surface area contributed by atoms with Crippen LogP contribution in [0.3, 0.4) is 0 Å². The molecule has 0 bridgehead atoms. The van der Waals surface area contributed by atoms with Crippen molar-refractivity contribution in [1.82, 2.24) is 0 Å². The number of halogens is 2. The molecule has 0 amide bonds. The highest BCUT2D eigenvalue weighted by molar-refractivity contribution is 6.18. The third-order valence-corrected chi connectivity index (χ3v) is 3.14. The van der Waals surface area contributed by atoms with E-state index in [4.69, 9.17) is 11.6 Å². The van der Waals surface area contributed by atoms with Gasteiger partial charge in [-0.3, -0.25) is 0 Å². The zero-order chi connectivity index (χ0) is 13.7. The van der Waals surface area contributed by atoms with Crippen LogP contribution in [0.25, 0.3) is 11.1 Å². The van der Waals surface area contributed by atoms with E-state index in [9.17, 15) is 9.50 Å². The first-order valence-electron chi connectivity index (χ1n) is 6.03. The zero-order valence-electron chi connectivity index (χ0n) is 10.3. The van der Waals surface area contributed by atoms with Crippen LogP contribution in [0.1, 0.15) is 0 Å². The van der Waals surface area contributed by atoms with E-state index < -0.39 is 6.10 Å². The normalized spacial score (nSPS) is 12.2. The van der Waals surface area contributed by atoms with E-state index in [0.717, 1.165) is 11.1 Å². The number of anilines is 1. The third-order valence-electron chi connectivity index (χ3n) is 2.78. The van der Waals surface area contributed by atoms with E-state index >= 15 is 0 Å². The Morgan fingerprint density at radius 2 is 1.84 bits per heavy atom. The van der Waals surface area contributed by atoms with Gasteiger partial charge in [0.2, 0.25) is 0 Å². The molecule has 0 saturated heterocycles. The third kappa shape index (κ3) is 3.69. The quantitative estimate of drug-likeness (QED) is 0.821. The van der Waals surface area contributed by atoms with Crippen LogP contribution in [0.15, 0.2) is 48.5 Å². The van der Waals surface area contributed by atoms with E-state index in [1.807, 2.05) is 36.4 Å². The number of benzene rings is 2. The van der Waals surface area contributed by atoms with Crippen LogP contribution < -0.4 is 5.32 Å². The van der Waals surface area contributed by atoms with Crippen LogP contribution in [0, 0.1) is 5.82 Å². The summed E-state index contributed by atoms with van der Waals surface area (Å²) < 4.78 is 13.9. The van der Waals surface area contributed by atoms with Crippen molar-refractivity contribution in [2.45, 2.75) is 6.10 Å². The Morgan fingerprint density at radius 3 is 2.47 bits per heavy atom. The molecule has 2 aromatic rings. The first kappa shape index (κ1) is 13.8. The second kappa shape index (κ2) is 6.55. The summed E-state index contributed by atoms with van der Waals surface area (Å²) in [7, 11) is 0. The molecular weight excluding hydrogens is 265 g/mol. The number of nitrogens with one attached hydrogen (secondary N) is 1. The second-order valence-electron chi connectivity index (χ2n) is 4.25.